The molecule has 1 saturated heterocycles. The molecule has 1 aromatic rings. The Kier molecular flexibility index (Phi) is 4.06. The van der Waals surface area contributed by atoms with E-state index in [1.165, 1.54) is 0 Å². The number of fused-ring (bicyclic) bond motifs is 1. The van der Waals surface area contributed by atoms with Crippen molar-refractivity contribution in [3.05, 3.63) is 29.8 Å². The molecule has 23 heavy (non-hydrogen) atoms. The van der Waals surface area contributed by atoms with Crippen molar-refractivity contribution in [1.29, 1.82) is 0 Å². The smallest absolute Gasteiger partial charge is 0.203 e. The summed E-state index contributed by atoms with van der Waals surface area (Å²) in [5.41, 5.74) is 0.917. The van der Waals surface area contributed by atoms with E-state index in [4.69, 9.17) is 14.2 Å². The number of nitrogens with zero attached hydrogens (tertiary/aromatic N) is 1. The number of allylic oxidation sites excluding steroid dienone is 1. The standard InChI is InChI=1S/C18H23NO4/c1-19-8-7-18(6-5-13(20)11-16(18)19)12-9-14(21-2)17(23-4)15(10-12)22-3/h5-6,9-10,16H,7-8,11H2,1-4H3. The highest BCUT2D eigenvalue weighted by Gasteiger charge is 2.48. The second-order valence-corrected chi connectivity index (χ2v) is 6.20. The lowest BCUT2D eigenvalue weighted by molar-refractivity contribution is -0.116. The molecule has 0 radical (unpaired) electrons. The third-order valence-corrected chi connectivity index (χ3v) is 5.17. The van der Waals surface area contributed by atoms with Crippen molar-refractivity contribution in [3.63, 3.8) is 0 Å². The van der Waals surface area contributed by atoms with E-state index >= 15 is 0 Å². The number of likely N-dealkylation sites (tertiary alicyclic amines) is 1. The highest BCUT2D eigenvalue weighted by Crippen LogP contribution is 2.49. The van der Waals surface area contributed by atoms with Gasteiger partial charge in [0.25, 0.3) is 0 Å². The van der Waals surface area contributed by atoms with Gasteiger partial charge in [0.1, 0.15) is 0 Å². The molecule has 5 heteroatoms. The Balaban J connectivity index is 2.16. The molecule has 2 unspecified atom stereocenters. The molecule has 1 aromatic carbocycles. The van der Waals surface area contributed by atoms with Crippen molar-refractivity contribution in [2.75, 3.05) is 34.9 Å². The number of hydrogen-bond donors (Lipinski definition) is 0. The SMILES string of the molecule is COc1cc(C23C=CC(=O)CC2N(C)CC3)cc(OC)c1OC. The minimum Gasteiger partial charge on any atom is -0.493 e. The number of methoxy groups -OCH3 is 3. The van der Waals surface area contributed by atoms with Gasteiger partial charge in [-0.3, -0.25) is 4.79 Å². The minimum absolute atomic E-state index is 0.169. The van der Waals surface area contributed by atoms with Crippen molar-refractivity contribution in [2.24, 2.45) is 0 Å². The van der Waals surface area contributed by atoms with Crippen LogP contribution in [-0.2, 0) is 10.2 Å². The molecule has 1 heterocycles. The Morgan fingerprint density at radius 1 is 1.13 bits per heavy atom. The molecule has 0 bridgehead atoms. The van der Waals surface area contributed by atoms with Crippen LogP contribution in [0, 0.1) is 0 Å². The summed E-state index contributed by atoms with van der Waals surface area (Å²) in [4.78, 5) is 14.2. The van der Waals surface area contributed by atoms with Gasteiger partial charge >= 0.3 is 0 Å². The van der Waals surface area contributed by atoms with Crippen LogP contribution in [0.25, 0.3) is 0 Å². The van der Waals surface area contributed by atoms with Crippen molar-refractivity contribution >= 4 is 5.78 Å². The third kappa shape index (κ3) is 2.39. The summed E-state index contributed by atoms with van der Waals surface area (Å²) in [6, 6.07) is 4.18. The molecule has 2 aliphatic rings. The average Bonchev–Trinajstić information content (AvgIpc) is 2.91. The summed E-state index contributed by atoms with van der Waals surface area (Å²) < 4.78 is 16.4. The molecule has 3 rings (SSSR count). The number of carbonyl (C=O) groups excluding carboxylic acids is 1. The van der Waals surface area contributed by atoms with E-state index in [0.29, 0.717) is 23.7 Å². The van der Waals surface area contributed by atoms with Gasteiger partial charge < -0.3 is 19.1 Å². The van der Waals surface area contributed by atoms with E-state index in [2.05, 4.69) is 18.0 Å². The zero-order chi connectivity index (χ0) is 16.6. The molecule has 0 aromatic heterocycles. The Bertz CT molecular complexity index is 629. The van der Waals surface area contributed by atoms with E-state index in [0.717, 1.165) is 18.5 Å². The van der Waals surface area contributed by atoms with Crippen LogP contribution >= 0.6 is 0 Å². The van der Waals surface area contributed by atoms with Gasteiger partial charge in [-0.1, -0.05) is 6.08 Å². The normalized spacial score (nSPS) is 27.0. The Labute approximate surface area is 136 Å². The Hall–Kier alpha value is -2.01. The lowest BCUT2D eigenvalue weighted by Crippen LogP contribution is -2.43. The van der Waals surface area contributed by atoms with E-state index in [-0.39, 0.29) is 17.2 Å². The van der Waals surface area contributed by atoms with E-state index in [1.807, 2.05) is 12.1 Å². The van der Waals surface area contributed by atoms with Crippen LogP contribution in [-0.4, -0.2) is 51.6 Å². The molecule has 0 N–H and O–H groups in total. The molecule has 2 atom stereocenters. The topological polar surface area (TPSA) is 48.0 Å². The molecule has 5 nitrogen and oxygen atoms in total. The predicted molar refractivity (Wildman–Crippen MR) is 87.6 cm³/mol. The van der Waals surface area contributed by atoms with Crippen LogP contribution in [0.15, 0.2) is 24.3 Å². The Morgan fingerprint density at radius 3 is 2.35 bits per heavy atom. The number of ketones is 1. The highest BCUT2D eigenvalue weighted by molar-refractivity contribution is 5.92. The maximum Gasteiger partial charge on any atom is 0.203 e. The first kappa shape index (κ1) is 15.9. The van der Waals surface area contributed by atoms with E-state index < -0.39 is 0 Å². The number of benzene rings is 1. The van der Waals surface area contributed by atoms with Crippen molar-refractivity contribution in [3.8, 4) is 17.2 Å². The van der Waals surface area contributed by atoms with Crippen LogP contribution in [0.1, 0.15) is 18.4 Å². The lowest BCUT2D eigenvalue weighted by Gasteiger charge is -2.37. The third-order valence-electron chi connectivity index (χ3n) is 5.17. The second-order valence-electron chi connectivity index (χ2n) is 6.20. The Morgan fingerprint density at radius 2 is 1.78 bits per heavy atom. The van der Waals surface area contributed by atoms with Crippen LogP contribution in [0.2, 0.25) is 0 Å². The molecule has 124 valence electrons. The van der Waals surface area contributed by atoms with Gasteiger partial charge in [-0.05, 0) is 43.8 Å². The van der Waals surface area contributed by atoms with Gasteiger partial charge in [0.15, 0.2) is 17.3 Å². The van der Waals surface area contributed by atoms with Crippen molar-refractivity contribution in [2.45, 2.75) is 24.3 Å². The first-order chi connectivity index (χ1) is 11.1. The number of ether oxygens (including phenoxy) is 3. The largest absolute Gasteiger partial charge is 0.493 e. The average molecular weight is 317 g/mol. The maximum atomic E-state index is 11.9. The second kappa shape index (κ2) is 5.89. The van der Waals surface area contributed by atoms with Crippen LogP contribution in [0.5, 0.6) is 17.2 Å². The molecule has 1 aliphatic carbocycles. The fourth-order valence-electron chi connectivity index (χ4n) is 3.89. The first-order valence-corrected chi connectivity index (χ1v) is 7.78. The number of likely N-dealkylation sites (N-methyl/N-ethyl adjacent to an activating group) is 1. The molecule has 0 saturated carbocycles. The predicted octanol–water partition coefficient (Wildman–Crippen LogP) is 2.18. The molecule has 0 spiro atoms. The minimum atomic E-state index is -0.185. The molecule has 0 amide bonds. The van der Waals surface area contributed by atoms with Crippen LogP contribution in [0.4, 0.5) is 0 Å². The van der Waals surface area contributed by atoms with Crippen molar-refractivity contribution < 1.29 is 19.0 Å². The summed E-state index contributed by atoms with van der Waals surface area (Å²) in [5.74, 6) is 2.07. The monoisotopic (exact) mass is 317 g/mol. The maximum absolute atomic E-state index is 11.9. The highest BCUT2D eigenvalue weighted by atomic mass is 16.5. The number of rotatable bonds is 4. The molecule has 1 fully saturated rings. The fraction of sp³-hybridized carbons (Fsp3) is 0.500. The summed E-state index contributed by atoms with van der Waals surface area (Å²) in [6.45, 7) is 0.957. The zero-order valence-electron chi connectivity index (χ0n) is 14.1. The van der Waals surface area contributed by atoms with Gasteiger partial charge in [-0.15, -0.1) is 0 Å². The number of carbonyl (C=O) groups is 1. The molecular weight excluding hydrogens is 294 g/mol. The van der Waals surface area contributed by atoms with E-state index in [1.54, 1.807) is 27.4 Å². The van der Waals surface area contributed by atoms with Gasteiger partial charge in [0.2, 0.25) is 5.75 Å². The van der Waals surface area contributed by atoms with Crippen LogP contribution in [0.3, 0.4) is 0 Å². The number of hydrogen-bond acceptors (Lipinski definition) is 5. The summed E-state index contributed by atoms with van der Waals surface area (Å²) in [7, 11) is 6.93. The molecule has 1 aliphatic heterocycles. The molecular formula is C18H23NO4. The van der Waals surface area contributed by atoms with Gasteiger partial charge in [-0.2, -0.15) is 0 Å². The van der Waals surface area contributed by atoms with Crippen LogP contribution < -0.4 is 14.2 Å². The van der Waals surface area contributed by atoms with Gasteiger partial charge in [-0.25, -0.2) is 0 Å². The van der Waals surface area contributed by atoms with Crippen molar-refractivity contribution in [1.82, 2.24) is 4.90 Å². The summed E-state index contributed by atoms with van der Waals surface area (Å²) >= 11 is 0. The first-order valence-electron chi connectivity index (χ1n) is 7.78. The van der Waals surface area contributed by atoms with Gasteiger partial charge in [0.05, 0.1) is 21.3 Å². The fourth-order valence-corrected chi connectivity index (χ4v) is 3.89. The van der Waals surface area contributed by atoms with E-state index in [9.17, 15) is 4.79 Å². The van der Waals surface area contributed by atoms with Gasteiger partial charge in [0, 0.05) is 17.9 Å². The summed E-state index contributed by atoms with van der Waals surface area (Å²) in [5, 5.41) is 0. The lowest BCUT2D eigenvalue weighted by atomic mass is 9.69. The zero-order valence-corrected chi connectivity index (χ0v) is 14.1. The quantitative estimate of drug-likeness (QED) is 0.852. The summed E-state index contributed by atoms with van der Waals surface area (Å²) in [6.07, 6.45) is 5.30.